The molecule has 0 spiro atoms. The number of sulfonamides is 1. The van der Waals surface area contributed by atoms with Crippen LogP contribution in [0.5, 0.6) is 0 Å². The number of rotatable bonds is 9. The third-order valence-corrected chi connectivity index (χ3v) is 9.62. The molecule has 1 aliphatic carbocycles. The molecule has 1 saturated carbocycles. The second-order valence-electron chi connectivity index (χ2n) is 9.76. The van der Waals surface area contributed by atoms with E-state index < -0.39 is 20.0 Å². The number of aromatic nitrogens is 6. The number of aryl methyl sites for hydroxylation is 2. The van der Waals surface area contributed by atoms with Crippen LogP contribution in [-0.4, -0.2) is 81.0 Å². The molecule has 15 heteroatoms. The molecular weight excluding hydrogens is 520 g/mol. The second-order valence-corrected chi connectivity index (χ2v) is 13.7. The Bertz CT molecular complexity index is 1590. The van der Waals surface area contributed by atoms with Crippen molar-refractivity contribution in [2.75, 3.05) is 30.4 Å². The van der Waals surface area contributed by atoms with Gasteiger partial charge in [0.2, 0.25) is 16.0 Å². The van der Waals surface area contributed by atoms with Crippen molar-refractivity contribution in [1.29, 1.82) is 0 Å². The molecule has 1 aliphatic heterocycles. The van der Waals surface area contributed by atoms with Crippen LogP contribution in [0.15, 0.2) is 23.4 Å². The number of piperidine rings is 1. The highest BCUT2D eigenvalue weighted by Crippen LogP contribution is 2.37. The van der Waals surface area contributed by atoms with Gasteiger partial charge in [-0.15, -0.1) is 9.19 Å². The lowest BCUT2D eigenvalue weighted by atomic mass is 10.1. The zero-order chi connectivity index (χ0) is 26.4. The first-order valence-corrected chi connectivity index (χ1v) is 15.7. The zero-order valence-corrected chi connectivity index (χ0v) is 22.4. The first kappa shape index (κ1) is 25.7. The van der Waals surface area contributed by atoms with Gasteiger partial charge in [0.15, 0.2) is 5.82 Å². The lowest BCUT2D eigenvalue weighted by molar-refractivity contribution is 0.331. The molecule has 0 aromatic carbocycles. The Morgan fingerprint density at radius 3 is 2.49 bits per heavy atom. The van der Waals surface area contributed by atoms with E-state index in [4.69, 9.17) is 0 Å². The molecule has 37 heavy (non-hydrogen) atoms. The molecule has 2 fully saturated rings. The van der Waals surface area contributed by atoms with E-state index in [1.165, 1.54) is 21.5 Å². The van der Waals surface area contributed by atoms with Crippen LogP contribution in [-0.2, 0) is 26.6 Å². The van der Waals surface area contributed by atoms with Crippen LogP contribution >= 0.6 is 0 Å². The summed E-state index contributed by atoms with van der Waals surface area (Å²) in [6, 6.07) is 1.71. The van der Waals surface area contributed by atoms with Gasteiger partial charge in [0, 0.05) is 48.7 Å². The van der Waals surface area contributed by atoms with Crippen LogP contribution < -0.4 is 10.9 Å². The van der Waals surface area contributed by atoms with E-state index in [1.807, 2.05) is 0 Å². The van der Waals surface area contributed by atoms with Crippen molar-refractivity contribution in [2.24, 2.45) is 0 Å². The number of hydrogen-bond donors (Lipinski definition) is 1. The third kappa shape index (κ3) is 5.67. The summed E-state index contributed by atoms with van der Waals surface area (Å²) < 4.78 is 52.9. The van der Waals surface area contributed by atoms with Gasteiger partial charge < -0.3 is 5.32 Å². The number of anilines is 1. The minimum absolute atomic E-state index is 0.00516. The quantitative estimate of drug-likeness (QED) is 0.401. The van der Waals surface area contributed by atoms with E-state index >= 15 is 0 Å². The normalized spacial score (nSPS) is 17.9. The van der Waals surface area contributed by atoms with Crippen molar-refractivity contribution in [2.45, 2.75) is 57.5 Å². The zero-order valence-electron chi connectivity index (χ0n) is 20.7. The summed E-state index contributed by atoms with van der Waals surface area (Å²) in [4.78, 5) is 26.0. The van der Waals surface area contributed by atoms with Crippen molar-refractivity contribution in [3.05, 3.63) is 40.3 Å². The van der Waals surface area contributed by atoms with Crippen LogP contribution in [0.3, 0.4) is 0 Å². The molecule has 200 valence electrons. The van der Waals surface area contributed by atoms with Crippen molar-refractivity contribution in [1.82, 2.24) is 33.0 Å². The predicted octanol–water partition coefficient (Wildman–Crippen LogP) is 0.673. The molecule has 5 rings (SSSR count). The summed E-state index contributed by atoms with van der Waals surface area (Å²) in [5.41, 5.74) is 0.682. The monoisotopic (exact) mass is 550 g/mol. The molecule has 4 heterocycles. The molecule has 0 amide bonds. The Kier molecular flexibility index (Phi) is 6.79. The van der Waals surface area contributed by atoms with Crippen LogP contribution in [0.2, 0.25) is 0 Å². The smallest absolute Gasteiger partial charge is 0.255 e. The lowest BCUT2D eigenvalue weighted by Crippen LogP contribution is -2.42. The lowest BCUT2D eigenvalue weighted by Gasteiger charge is -2.30. The standard InChI is InChI=1S/C22H30N8O5S2/c1-15-12-17-13-23-22(25-18-6-9-28(10-7-18)36(2,32)33)26-20(17)29(21(15)31)8-3-11-37(34,35)30-14-24-19(27-30)16-4-5-16/h12-14,16,18H,3-11H2,1-2H3,(H,23,25,26). The predicted molar refractivity (Wildman–Crippen MR) is 137 cm³/mol. The molecule has 2 aliphatic rings. The fourth-order valence-corrected chi connectivity index (χ4v) is 6.47. The fourth-order valence-electron chi connectivity index (χ4n) is 4.52. The van der Waals surface area contributed by atoms with Gasteiger partial charge in [-0.05, 0) is 45.1 Å². The van der Waals surface area contributed by atoms with E-state index in [2.05, 4.69) is 25.4 Å². The summed E-state index contributed by atoms with van der Waals surface area (Å²) in [6.45, 7) is 2.68. The van der Waals surface area contributed by atoms with Crippen molar-refractivity contribution in [3.8, 4) is 0 Å². The van der Waals surface area contributed by atoms with E-state index in [-0.39, 0.29) is 36.2 Å². The number of nitrogens with one attached hydrogen (secondary N) is 1. The molecular formula is C22H30N8O5S2. The van der Waals surface area contributed by atoms with Gasteiger partial charge in [0.25, 0.3) is 15.6 Å². The molecule has 0 radical (unpaired) electrons. The third-order valence-electron chi connectivity index (χ3n) is 6.76. The minimum Gasteiger partial charge on any atom is -0.351 e. The Morgan fingerprint density at radius 2 is 1.81 bits per heavy atom. The highest BCUT2D eigenvalue weighted by Gasteiger charge is 2.29. The largest absolute Gasteiger partial charge is 0.351 e. The number of hydrogen-bond acceptors (Lipinski definition) is 10. The summed E-state index contributed by atoms with van der Waals surface area (Å²) in [5.74, 6) is 0.953. The first-order valence-electron chi connectivity index (χ1n) is 12.2. The van der Waals surface area contributed by atoms with Gasteiger partial charge >= 0.3 is 0 Å². The Balaban J connectivity index is 1.30. The SMILES string of the molecule is Cc1cc2cnc(NC3CCN(S(C)(=O)=O)CC3)nc2n(CCCS(=O)(=O)n2cnc(C3CC3)n2)c1=O. The maximum absolute atomic E-state index is 13.0. The number of nitrogens with zero attached hydrogens (tertiary/aromatic N) is 7. The van der Waals surface area contributed by atoms with Crippen LogP contribution in [0.1, 0.15) is 49.4 Å². The molecule has 3 aromatic heterocycles. The van der Waals surface area contributed by atoms with Crippen molar-refractivity contribution >= 4 is 37.0 Å². The van der Waals surface area contributed by atoms with Gasteiger partial charge in [-0.2, -0.15) is 4.98 Å². The van der Waals surface area contributed by atoms with Gasteiger partial charge in [0.1, 0.15) is 12.0 Å². The van der Waals surface area contributed by atoms with E-state index in [0.717, 1.165) is 16.9 Å². The summed E-state index contributed by atoms with van der Waals surface area (Å²) in [5, 5.41) is 8.04. The second kappa shape index (κ2) is 9.76. The van der Waals surface area contributed by atoms with Crippen LogP contribution in [0.4, 0.5) is 5.95 Å². The molecule has 0 bridgehead atoms. The first-order chi connectivity index (χ1) is 17.5. The Hall–Kier alpha value is -2.91. The van der Waals surface area contributed by atoms with Gasteiger partial charge in [-0.3, -0.25) is 9.36 Å². The van der Waals surface area contributed by atoms with Gasteiger partial charge in [-0.25, -0.2) is 31.1 Å². The molecule has 1 saturated heterocycles. The maximum atomic E-state index is 13.0. The summed E-state index contributed by atoms with van der Waals surface area (Å²) in [7, 11) is -6.92. The van der Waals surface area contributed by atoms with E-state index in [0.29, 0.717) is 54.3 Å². The van der Waals surface area contributed by atoms with Crippen LogP contribution in [0, 0.1) is 6.92 Å². The number of pyridine rings is 1. The summed E-state index contributed by atoms with van der Waals surface area (Å²) in [6.07, 6.45) is 7.44. The van der Waals surface area contributed by atoms with Crippen molar-refractivity contribution < 1.29 is 16.8 Å². The minimum atomic E-state index is -3.70. The average molecular weight is 551 g/mol. The van der Waals surface area contributed by atoms with Crippen LogP contribution in [0.25, 0.3) is 11.0 Å². The van der Waals surface area contributed by atoms with Gasteiger partial charge in [-0.1, -0.05) is 0 Å². The Labute approximate surface area is 215 Å². The molecule has 0 atom stereocenters. The highest BCUT2D eigenvalue weighted by atomic mass is 32.2. The number of fused-ring (bicyclic) bond motifs is 1. The maximum Gasteiger partial charge on any atom is 0.255 e. The molecule has 0 unspecified atom stereocenters. The van der Waals surface area contributed by atoms with Gasteiger partial charge in [0.05, 0.1) is 12.0 Å². The average Bonchev–Trinajstić information content (AvgIpc) is 3.57. The van der Waals surface area contributed by atoms with Crippen molar-refractivity contribution in [3.63, 3.8) is 0 Å². The molecule has 3 aromatic rings. The highest BCUT2D eigenvalue weighted by molar-refractivity contribution is 7.89. The van der Waals surface area contributed by atoms with E-state index in [9.17, 15) is 21.6 Å². The van der Waals surface area contributed by atoms with E-state index in [1.54, 1.807) is 19.2 Å². The summed E-state index contributed by atoms with van der Waals surface area (Å²) >= 11 is 0. The molecule has 1 N–H and O–H groups in total. The topological polar surface area (TPSA) is 162 Å². The fraction of sp³-hybridized carbons (Fsp3) is 0.591. The molecule has 13 nitrogen and oxygen atoms in total. The Morgan fingerprint density at radius 1 is 1.08 bits per heavy atom.